The summed E-state index contributed by atoms with van der Waals surface area (Å²) in [6.45, 7) is 6.86. The number of rotatable bonds is 6. The maximum atomic E-state index is 12.6. The number of likely N-dealkylation sites (tertiary alicyclic amines) is 1. The van der Waals surface area contributed by atoms with E-state index in [4.69, 9.17) is 0 Å². The summed E-state index contributed by atoms with van der Waals surface area (Å²) >= 11 is 5.05. The molecule has 164 valence electrons. The molecule has 1 amide bonds. The number of nitrogens with one attached hydrogen (secondary N) is 1. The molecule has 1 aliphatic heterocycles. The van der Waals surface area contributed by atoms with Gasteiger partial charge in [-0.3, -0.25) is 9.69 Å². The van der Waals surface area contributed by atoms with Crippen molar-refractivity contribution in [3.63, 3.8) is 0 Å². The Balaban J connectivity index is 1.51. The average Bonchev–Trinajstić information content (AvgIpc) is 3.18. The minimum atomic E-state index is -0.0388. The quantitative estimate of drug-likeness (QED) is 0.415. The first-order chi connectivity index (χ1) is 15.0. The predicted molar refractivity (Wildman–Crippen MR) is 131 cm³/mol. The van der Waals surface area contributed by atoms with Crippen LogP contribution in [0.4, 0.5) is 0 Å². The molecule has 1 aromatic heterocycles. The zero-order valence-electron chi connectivity index (χ0n) is 17.6. The number of thiophene rings is 1. The van der Waals surface area contributed by atoms with Gasteiger partial charge in [-0.25, -0.2) is 0 Å². The van der Waals surface area contributed by atoms with Crippen LogP contribution in [0.25, 0.3) is 6.08 Å². The molecule has 1 saturated heterocycles. The van der Waals surface area contributed by atoms with Gasteiger partial charge in [0.05, 0.1) is 0 Å². The number of benzene rings is 1. The van der Waals surface area contributed by atoms with Gasteiger partial charge >= 0.3 is 0 Å². The standard InChI is InChI=1S/C25H29BrN2O2S/c1-2-11-28-12-10-25(18-4-3-5-22(29)13-18)15-21(7-6-19(25)16-28)27-24(30)9-8-23-14-20(26)17-31-23/h2-5,8-9,13-14,17,19,21,29H,1,6-7,10-12,15-16H2,(H,27,30)/b9-8+/t19-,21+,25+/m1/s1. The normalized spacial score (nSPS) is 26.5. The number of nitrogens with zero attached hydrogens (tertiary/aromatic N) is 1. The van der Waals surface area contributed by atoms with Crippen LogP contribution in [0, 0.1) is 5.92 Å². The second-order valence-electron chi connectivity index (χ2n) is 8.69. The molecule has 0 spiro atoms. The molecule has 2 N–H and O–H groups in total. The van der Waals surface area contributed by atoms with Gasteiger partial charge in [-0.15, -0.1) is 17.9 Å². The van der Waals surface area contributed by atoms with E-state index < -0.39 is 0 Å². The zero-order valence-corrected chi connectivity index (χ0v) is 20.0. The number of hydrogen-bond acceptors (Lipinski definition) is 4. The lowest BCUT2D eigenvalue weighted by atomic mass is 9.58. The Hall–Kier alpha value is -1.89. The molecule has 2 aliphatic rings. The van der Waals surface area contributed by atoms with Crippen LogP contribution in [0.5, 0.6) is 5.75 Å². The van der Waals surface area contributed by atoms with Crippen molar-refractivity contribution in [2.75, 3.05) is 19.6 Å². The van der Waals surface area contributed by atoms with E-state index in [2.05, 4.69) is 38.8 Å². The minimum absolute atomic E-state index is 0.0189. The number of hydrogen-bond donors (Lipinski definition) is 2. The average molecular weight is 501 g/mol. The largest absolute Gasteiger partial charge is 0.508 e. The molecular weight excluding hydrogens is 472 g/mol. The van der Waals surface area contributed by atoms with Gasteiger partial charge in [0, 0.05) is 45.4 Å². The number of piperidine rings is 1. The van der Waals surface area contributed by atoms with E-state index in [1.54, 1.807) is 23.5 Å². The van der Waals surface area contributed by atoms with Gasteiger partial charge in [0.25, 0.3) is 0 Å². The van der Waals surface area contributed by atoms with Crippen LogP contribution in [0.1, 0.15) is 36.1 Å². The van der Waals surface area contributed by atoms with Gasteiger partial charge in [0.1, 0.15) is 5.75 Å². The summed E-state index contributed by atoms with van der Waals surface area (Å²) < 4.78 is 1.03. The highest BCUT2D eigenvalue weighted by molar-refractivity contribution is 9.10. The molecule has 4 nitrogen and oxygen atoms in total. The molecule has 3 atom stereocenters. The highest BCUT2D eigenvalue weighted by atomic mass is 79.9. The van der Waals surface area contributed by atoms with Crippen molar-refractivity contribution in [3.05, 3.63) is 69.4 Å². The summed E-state index contributed by atoms with van der Waals surface area (Å²) in [6.07, 6.45) is 9.47. The summed E-state index contributed by atoms with van der Waals surface area (Å²) in [7, 11) is 0. The SMILES string of the molecule is C=CCN1CC[C@@]2(c3cccc(O)c3)C[C@@H](NC(=O)/C=C/c3cc(Br)cs3)CC[C@@H]2C1. The number of phenols is 1. The van der Waals surface area contributed by atoms with Crippen LogP contribution in [-0.4, -0.2) is 41.6 Å². The first kappa shape index (κ1) is 22.3. The maximum Gasteiger partial charge on any atom is 0.244 e. The van der Waals surface area contributed by atoms with Gasteiger partial charge in [-0.2, -0.15) is 0 Å². The number of aromatic hydroxyl groups is 1. The number of amides is 1. The van der Waals surface area contributed by atoms with Crippen LogP contribution in [0.15, 0.2) is 58.9 Å². The fourth-order valence-corrected chi connectivity index (χ4v) is 6.66. The molecule has 1 saturated carbocycles. The summed E-state index contributed by atoms with van der Waals surface area (Å²) in [5, 5.41) is 15.4. The molecule has 0 bridgehead atoms. The van der Waals surface area contributed by atoms with Crippen LogP contribution < -0.4 is 5.32 Å². The number of carbonyl (C=O) groups excluding carboxylic acids is 1. The summed E-state index contributed by atoms with van der Waals surface area (Å²) in [5.41, 5.74) is 1.18. The number of halogens is 1. The van der Waals surface area contributed by atoms with E-state index >= 15 is 0 Å². The van der Waals surface area contributed by atoms with E-state index in [0.717, 1.165) is 54.7 Å². The zero-order chi connectivity index (χ0) is 21.8. The van der Waals surface area contributed by atoms with Crippen molar-refractivity contribution in [2.45, 2.75) is 37.1 Å². The molecule has 2 fully saturated rings. The Labute approximate surface area is 196 Å². The molecular formula is C25H29BrN2O2S. The molecule has 6 heteroatoms. The van der Waals surface area contributed by atoms with Crippen LogP contribution in [-0.2, 0) is 10.2 Å². The van der Waals surface area contributed by atoms with Crippen LogP contribution in [0.2, 0.25) is 0 Å². The van der Waals surface area contributed by atoms with Crippen LogP contribution >= 0.6 is 27.3 Å². The fourth-order valence-electron chi connectivity index (χ4n) is 5.33. The third kappa shape index (κ3) is 5.13. The van der Waals surface area contributed by atoms with E-state index in [1.807, 2.05) is 35.7 Å². The van der Waals surface area contributed by atoms with Crippen molar-refractivity contribution < 1.29 is 9.90 Å². The first-order valence-corrected chi connectivity index (χ1v) is 12.5. The highest BCUT2D eigenvalue weighted by Crippen LogP contribution is 2.49. The Morgan fingerprint density at radius 3 is 3.00 bits per heavy atom. The van der Waals surface area contributed by atoms with Crippen molar-refractivity contribution in [3.8, 4) is 5.75 Å². The van der Waals surface area contributed by atoms with Crippen molar-refractivity contribution in [1.82, 2.24) is 10.2 Å². The predicted octanol–water partition coefficient (Wildman–Crippen LogP) is 5.34. The molecule has 2 heterocycles. The lowest BCUT2D eigenvalue weighted by Crippen LogP contribution is -2.56. The Morgan fingerprint density at radius 1 is 1.39 bits per heavy atom. The van der Waals surface area contributed by atoms with Crippen molar-refractivity contribution >= 4 is 39.2 Å². The summed E-state index contributed by atoms with van der Waals surface area (Å²) in [4.78, 5) is 16.1. The lowest BCUT2D eigenvalue weighted by Gasteiger charge is -2.53. The molecule has 0 radical (unpaired) electrons. The van der Waals surface area contributed by atoms with Gasteiger partial charge in [-0.1, -0.05) is 18.2 Å². The van der Waals surface area contributed by atoms with E-state index in [9.17, 15) is 9.90 Å². The van der Waals surface area contributed by atoms with Crippen molar-refractivity contribution in [2.24, 2.45) is 5.92 Å². The monoisotopic (exact) mass is 500 g/mol. The highest BCUT2D eigenvalue weighted by Gasteiger charge is 2.48. The van der Waals surface area contributed by atoms with Gasteiger partial charge in [0.15, 0.2) is 0 Å². The summed E-state index contributed by atoms with van der Waals surface area (Å²) in [5.74, 6) is 0.786. The Morgan fingerprint density at radius 2 is 2.26 bits per heavy atom. The van der Waals surface area contributed by atoms with Gasteiger partial charge in [0.2, 0.25) is 5.91 Å². The molecule has 4 rings (SSSR count). The first-order valence-electron chi connectivity index (χ1n) is 10.8. The third-order valence-corrected chi connectivity index (χ3v) is 8.41. The Bertz CT molecular complexity index is 972. The molecule has 2 aromatic rings. The lowest BCUT2D eigenvalue weighted by molar-refractivity contribution is -0.117. The fraction of sp³-hybridized carbons (Fsp3) is 0.400. The molecule has 1 aromatic carbocycles. The third-order valence-electron chi connectivity index (χ3n) is 6.75. The molecule has 31 heavy (non-hydrogen) atoms. The van der Waals surface area contributed by atoms with Gasteiger partial charge < -0.3 is 10.4 Å². The maximum absolute atomic E-state index is 12.6. The topological polar surface area (TPSA) is 52.6 Å². The van der Waals surface area contributed by atoms with Crippen LogP contribution in [0.3, 0.4) is 0 Å². The second kappa shape index (κ2) is 9.72. The van der Waals surface area contributed by atoms with Gasteiger partial charge in [-0.05, 0) is 83.9 Å². The second-order valence-corrected chi connectivity index (χ2v) is 10.5. The minimum Gasteiger partial charge on any atom is -0.508 e. The van der Waals surface area contributed by atoms with E-state index in [-0.39, 0.29) is 17.4 Å². The van der Waals surface area contributed by atoms with E-state index in [1.165, 1.54) is 5.56 Å². The molecule has 1 aliphatic carbocycles. The summed E-state index contributed by atoms with van der Waals surface area (Å²) in [6, 6.07) is 9.89. The number of phenolic OH excluding ortho intramolecular Hbond substituents is 1. The van der Waals surface area contributed by atoms with E-state index in [0.29, 0.717) is 11.7 Å². The number of carbonyl (C=O) groups is 1. The Kier molecular flexibility index (Phi) is 6.99. The molecule has 0 unspecified atom stereocenters. The van der Waals surface area contributed by atoms with Crippen molar-refractivity contribution in [1.29, 1.82) is 0 Å². The number of fused-ring (bicyclic) bond motifs is 1. The smallest absolute Gasteiger partial charge is 0.244 e.